The predicted molar refractivity (Wildman–Crippen MR) is 64.4 cm³/mol. The Morgan fingerprint density at radius 3 is 2.71 bits per heavy atom. The molecule has 4 nitrogen and oxygen atoms in total. The monoisotopic (exact) mass is 251 g/mol. The van der Waals surface area contributed by atoms with Crippen LogP contribution in [-0.4, -0.2) is 10.9 Å². The molecule has 1 aromatic heterocycles. The maximum Gasteiger partial charge on any atom is 0.275 e. The highest BCUT2D eigenvalue weighted by Crippen LogP contribution is 2.13. The molecule has 88 valence electrons. The first-order chi connectivity index (χ1) is 8.19. The van der Waals surface area contributed by atoms with Gasteiger partial charge in [-0.05, 0) is 24.3 Å². The van der Waals surface area contributed by atoms with Gasteiger partial charge in [-0.25, -0.2) is 9.37 Å². The number of halogens is 1. The molecule has 0 atom stereocenters. The zero-order valence-electron chi connectivity index (χ0n) is 8.81. The number of nitrogens with two attached hydrogens (primary N) is 1. The van der Waals surface area contributed by atoms with Crippen molar-refractivity contribution in [2.24, 2.45) is 5.73 Å². The summed E-state index contributed by atoms with van der Waals surface area (Å²) in [4.78, 5) is 15.8. The molecule has 6 heteroatoms. The van der Waals surface area contributed by atoms with Crippen LogP contribution in [-0.2, 0) is 6.54 Å². The standard InChI is InChI=1S/C11H10FN3OS/c12-7-1-3-8(4-2-7)14-11(16)9-6-17-10(5-13)15-9/h1-4,6H,5,13H2,(H,14,16). The molecule has 1 heterocycles. The van der Waals surface area contributed by atoms with Crippen LogP contribution in [0.3, 0.4) is 0 Å². The van der Waals surface area contributed by atoms with Crippen LogP contribution in [0.2, 0.25) is 0 Å². The minimum absolute atomic E-state index is 0.314. The summed E-state index contributed by atoms with van der Waals surface area (Å²) in [5.74, 6) is -0.672. The average Bonchev–Trinajstić information content (AvgIpc) is 2.81. The second-order valence-corrected chi connectivity index (χ2v) is 4.23. The fourth-order valence-corrected chi connectivity index (χ4v) is 1.89. The highest BCUT2D eigenvalue weighted by atomic mass is 32.1. The van der Waals surface area contributed by atoms with Crippen molar-refractivity contribution >= 4 is 22.9 Å². The maximum absolute atomic E-state index is 12.7. The molecule has 3 N–H and O–H groups in total. The van der Waals surface area contributed by atoms with E-state index in [1.165, 1.54) is 35.6 Å². The maximum atomic E-state index is 12.7. The molecule has 0 bridgehead atoms. The summed E-state index contributed by atoms with van der Waals surface area (Å²) in [5, 5.41) is 4.96. The normalized spacial score (nSPS) is 10.2. The molecule has 2 rings (SSSR count). The number of benzene rings is 1. The summed E-state index contributed by atoms with van der Waals surface area (Å²) in [6, 6.07) is 5.54. The van der Waals surface area contributed by atoms with Crippen molar-refractivity contribution in [1.29, 1.82) is 0 Å². The predicted octanol–water partition coefficient (Wildman–Crippen LogP) is 1.99. The van der Waals surface area contributed by atoms with Gasteiger partial charge in [-0.2, -0.15) is 0 Å². The van der Waals surface area contributed by atoms with E-state index in [1.807, 2.05) is 0 Å². The number of nitrogens with zero attached hydrogens (tertiary/aromatic N) is 1. The molecule has 17 heavy (non-hydrogen) atoms. The Kier molecular flexibility index (Phi) is 3.46. The van der Waals surface area contributed by atoms with E-state index >= 15 is 0 Å². The average molecular weight is 251 g/mol. The molecule has 0 aliphatic rings. The van der Waals surface area contributed by atoms with Gasteiger partial charge in [0, 0.05) is 17.6 Å². The Morgan fingerprint density at radius 1 is 1.41 bits per heavy atom. The third-order valence-electron chi connectivity index (χ3n) is 2.06. The van der Waals surface area contributed by atoms with Crippen LogP contribution in [0.1, 0.15) is 15.5 Å². The van der Waals surface area contributed by atoms with Crippen LogP contribution >= 0.6 is 11.3 Å². The van der Waals surface area contributed by atoms with E-state index in [2.05, 4.69) is 10.3 Å². The number of thiazole rings is 1. The molecule has 0 saturated heterocycles. The number of hydrogen-bond donors (Lipinski definition) is 2. The van der Waals surface area contributed by atoms with E-state index in [4.69, 9.17) is 5.73 Å². The second kappa shape index (κ2) is 5.03. The first-order valence-electron chi connectivity index (χ1n) is 4.90. The number of aromatic nitrogens is 1. The Bertz CT molecular complexity index is 524. The zero-order chi connectivity index (χ0) is 12.3. The van der Waals surface area contributed by atoms with Crippen molar-refractivity contribution in [2.45, 2.75) is 6.54 Å². The van der Waals surface area contributed by atoms with Crippen LogP contribution in [0.5, 0.6) is 0 Å². The SMILES string of the molecule is NCc1nc(C(=O)Nc2ccc(F)cc2)cs1. The van der Waals surface area contributed by atoms with Gasteiger partial charge in [-0.1, -0.05) is 0 Å². The van der Waals surface area contributed by atoms with Gasteiger partial charge in [-0.3, -0.25) is 4.79 Å². The van der Waals surface area contributed by atoms with E-state index in [0.717, 1.165) is 0 Å². The smallest absolute Gasteiger partial charge is 0.275 e. The summed E-state index contributed by atoms with van der Waals surface area (Å²) < 4.78 is 12.7. The summed E-state index contributed by atoms with van der Waals surface area (Å²) in [6.45, 7) is 0.314. The summed E-state index contributed by atoms with van der Waals surface area (Å²) in [6.07, 6.45) is 0. The van der Waals surface area contributed by atoms with Gasteiger partial charge in [0.05, 0.1) is 0 Å². The lowest BCUT2D eigenvalue weighted by Gasteiger charge is -2.02. The molecule has 0 aliphatic carbocycles. The third-order valence-corrected chi connectivity index (χ3v) is 2.93. The topological polar surface area (TPSA) is 68.0 Å². The second-order valence-electron chi connectivity index (χ2n) is 3.29. The van der Waals surface area contributed by atoms with Crippen LogP contribution in [0.25, 0.3) is 0 Å². The van der Waals surface area contributed by atoms with Crippen LogP contribution in [0.4, 0.5) is 10.1 Å². The van der Waals surface area contributed by atoms with Crippen LogP contribution in [0, 0.1) is 5.82 Å². The van der Waals surface area contributed by atoms with E-state index in [9.17, 15) is 9.18 Å². The molecule has 0 fully saturated rings. The Morgan fingerprint density at radius 2 is 2.12 bits per heavy atom. The van der Waals surface area contributed by atoms with Gasteiger partial charge in [-0.15, -0.1) is 11.3 Å². The highest BCUT2D eigenvalue weighted by molar-refractivity contribution is 7.09. The highest BCUT2D eigenvalue weighted by Gasteiger charge is 2.10. The minimum Gasteiger partial charge on any atom is -0.325 e. The minimum atomic E-state index is -0.345. The lowest BCUT2D eigenvalue weighted by atomic mass is 10.3. The van der Waals surface area contributed by atoms with Gasteiger partial charge in [0.15, 0.2) is 0 Å². The van der Waals surface area contributed by atoms with Crippen molar-refractivity contribution in [3.8, 4) is 0 Å². The van der Waals surface area contributed by atoms with Crippen molar-refractivity contribution in [3.05, 3.63) is 46.2 Å². The number of nitrogens with one attached hydrogen (secondary N) is 1. The largest absolute Gasteiger partial charge is 0.325 e. The van der Waals surface area contributed by atoms with Gasteiger partial charge < -0.3 is 11.1 Å². The molecular weight excluding hydrogens is 241 g/mol. The molecule has 1 aromatic carbocycles. The number of carbonyl (C=O) groups excluding carboxylic acids is 1. The van der Waals surface area contributed by atoms with Crippen molar-refractivity contribution < 1.29 is 9.18 Å². The first kappa shape index (κ1) is 11.7. The fraction of sp³-hybridized carbons (Fsp3) is 0.0909. The Hall–Kier alpha value is -1.79. The van der Waals surface area contributed by atoms with Crippen molar-refractivity contribution in [2.75, 3.05) is 5.32 Å². The van der Waals surface area contributed by atoms with E-state index in [-0.39, 0.29) is 11.7 Å². The Balaban J connectivity index is 2.08. The molecular formula is C11H10FN3OS. The van der Waals surface area contributed by atoms with Gasteiger partial charge >= 0.3 is 0 Å². The third kappa shape index (κ3) is 2.86. The number of carbonyl (C=O) groups is 1. The summed E-state index contributed by atoms with van der Waals surface area (Å²) in [7, 11) is 0. The zero-order valence-corrected chi connectivity index (χ0v) is 9.63. The van der Waals surface area contributed by atoms with E-state index in [1.54, 1.807) is 5.38 Å². The lowest BCUT2D eigenvalue weighted by molar-refractivity contribution is 0.102. The fourth-order valence-electron chi connectivity index (χ4n) is 1.24. The van der Waals surface area contributed by atoms with Gasteiger partial charge in [0.25, 0.3) is 5.91 Å². The number of anilines is 1. The van der Waals surface area contributed by atoms with Crippen molar-refractivity contribution in [3.63, 3.8) is 0 Å². The number of rotatable bonds is 3. The molecule has 0 spiro atoms. The number of hydrogen-bond acceptors (Lipinski definition) is 4. The molecule has 0 unspecified atom stereocenters. The molecule has 0 saturated carbocycles. The van der Waals surface area contributed by atoms with Crippen LogP contribution < -0.4 is 11.1 Å². The first-order valence-corrected chi connectivity index (χ1v) is 5.78. The van der Waals surface area contributed by atoms with Crippen LogP contribution in [0.15, 0.2) is 29.6 Å². The molecule has 0 aliphatic heterocycles. The quantitative estimate of drug-likeness (QED) is 0.876. The van der Waals surface area contributed by atoms with Gasteiger partial charge in [0.1, 0.15) is 16.5 Å². The summed E-state index contributed by atoms with van der Waals surface area (Å²) >= 11 is 1.33. The molecule has 2 aromatic rings. The summed E-state index contributed by atoms with van der Waals surface area (Å²) in [5.41, 5.74) is 6.25. The lowest BCUT2D eigenvalue weighted by Crippen LogP contribution is -2.12. The van der Waals surface area contributed by atoms with E-state index < -0.39 is 0 Å². The van der Waals surface area contributed by atoms with Gasteiger partial charge in [0.2, 0.25) is 0 Å². The van der Waals surface area contributed by atoms with Crippen molar-refractivity contribution in [1.82, 2.24) is 4.98 Å². The number of amides is 1. The molecule has 0 radical (unpaired) electrons. The molecule has 1 amide bonds. The van der Waals surface area contributed by atoms with E-state index in [0.29, 0.717) is 22.9 Å². The Labute approximate surface area is 101 Å².